The average molecular weight is 210 g/mol. The van der Waals surface area contributed by atoms with Crippen LogP contribution >= 0.6 is 0 Å². The molecule has 0 aliphatic heterocycles. The Hall–Kier alpha value is -1.45. The van der Waals surface area contributed by atoms with Crippen molar-refractivity contribution in [2.45, 2.75) is 25.7 Å². The zero-order chi connectivity index (χ0) is 10.7. The zero-order valence-electron chi connectivity index (χ0n) is 8.26. The first-order valence-electron chi connectivity index (χ1n) is 5.02. The molecule has 0 bridgehead atoms. The second kappa shape index (κ2) is 4.38. The maximum Gasteiger partial charge on any atom is 0.151 e. The van der Waals surface area contributed by atoms with Gasteiger partial charge < -0.3 is 0 Å². The summed E-state index contributed by atoms with van der Waals surface area (Å²) < 4.78 is 25.7. The van der Waals surface area contributed by atoms with Gasteiger partial charge in [0.05, 0.1) is 5.69 Å². The summed E-state index contributed by atoms with van der Waals surface area (Å²) in [4.78, 5) is 0. The van der Waals surface area contributed by atoms with E-state index >= 15 is 0 Å². The van der Waals surface area contributed by atoms with Crippen molar-refractivity contribution in [3.8, 4) is 0 Å². The third-order valence-electron chi connectivity index (χ3n) is 2.45. The van der Waals surface area contributed by atoms with Gasteiger partial charge in [0.25, 0.3) is 0 Å². The first kappa shape index (κ1) is 10.1. The SMILES string of the molecule is Fc1ccc(NN=C2CCCC2)c(F)c1. The van der Waals surface area contributed by atoms with Gasteiger partial charge in [-0.1, -0.05) is 0 Å². The zero-order valence-corrected chi connectivity index (χ0v) is 8.26. The molecule has 15 heavy (non-hydrogen) atoms. The number of hydrazone groups is 1. The number of anilines is 1. The van der Waals surface area contributed by atoms with Crippen LogP contribution in [-0.4, -0.2) is 5.71 Å². The van der Waals surface area contributed by atoms with E-state index in [1.807, 2.05) is 0 Å². The minimum Gasteiger partial charge on any atom is -0.276 e. The second-order valence-electron chi connectivity index (χ2n) is 3.62. The Labute approximate surface area is 87.0 Å². The van der Waals surface area contributed by atoms with Crippen LogP contribution in [-0.2, 0) is 0 Å². The topological polar surface area (TPSA) is 24.4 Å². The second-order valence-corrected chi connectivity index (χ2v) is 3.62. The van der Waals surface area contributed by atoms with Crippen molar-refractivity contribution in [1.82, 2.24) is 0 Å². The summed E-state index contributed by atoms with van der Waals surface area (Å²) in [6.45, 7) is 0. The van der Waals surface area contributed by atoms with E-state index in [4.69, 9.17) is 0 Å². The van der Waals surface area contributed by atoms with Crippen molar-refractivity contribution in [1.29, 1.82) is 0 Å². The summed E-state index contributed by atoms with van der Waals surface area (Å²) in [5, 5.41) is 4.09. The molecule has 0 heterocycles. The molecule has 1 aliphatic carbocycles. The summed E-state index contributed by atoms with van der Waals surface area (Å²) in [6, 6.07) is 3.40. The summed E-state index contributed by atoms with van der Waals surface area (Å²) in [5.41, 5.74) is 3.90. The monoisotopic (exact) mass is 210 g/mol. The van der Waals surface area contributed by atoms with Gasteiger partial charge in [-0.05, 0) is 37.8 Å². The minimum absolute atomic E-state index is 0.218. The lowest BCUT2D eigenvalue weighted by molar-refractivity contribution is 0.585. The van der Waals surface area contributed by atoms with E-state index in [0.717, 1.165) is 37.5 Å². The predicted octanol–water partition coefficient (Wildman–Crippen LogP) is 3.31. The lowest BCUT2D eigenvalue weighted by Gasteiger charge is -2.03. The van der Waals surface area contributed by atoms with Crippen LogP contribution in [0.1, 0.15) is 25.7 Å². The smallest absolute Gasteiger partial charge is 0.151 e. The molecule has 0 unspecified atom stereocenters. The Morgan fingerprint density at radius 3 is 2.53 bits per heavy atom. The third-order valence-corrected chi connectivity index (χ3v) is 2.45. The largest absolute Gasteiger partial charge is 0.276 e. The fraction of sp³-hybridized carbons (Fsp3) is 0.364. The number of hydrogen-bond acceptors (Lipinski definition) is 2. The molecule has 4 heteroatoms. The van der Waals surface area contributed by atoms with Gasteiger partial charge >= 0.3 is 0 Å². The summed E-state index contributed by atoms with van der Waals surface area (Å²) in [5.74, 6) is -1.19. The first-order valence-corrected chi connectivity index (χ1v) is 5.02. The molecule has 1 aromatic carbocycles. The van der Waals surface area contributed by atoms with E-state index in [1.54, 1.807) is 0 Å². The van der Waals surface area contributed by atoms with Crippen LogP contribution in [0.5, 0.6) is 0 Å². The Kier molecular flexibility index (Phi) is 2.94. The molecule has 0 atom stereocenters. The van der Waals surface area contributed by atoms with E-state index in [9.17, 15) is 8.78 Å². The molecule has 1 aromatic rings. The molecule has 1 fully saturated rings. The van der Waals surface area contributed by atoms with Crippen LogP contribution in [0.4, 0.5) is 14.5 Å². The number of nitrogens with one attached hydrogen (secondary N) is 1. The standard InChI is InChI=1S/C11H12F2N2/c12-8-5-6-11(10(13)7-8)15-14-9-3-1-2-4-9/h5-7,15H,1-4H2. The van der Waals surface area contributed by atoms with E-state index in [0.29, 0.717) is 0 Å². The van der Waals surface area contributed by atoms with Gasteiger partial charge in [0.1, 0.15) is 5.82 Å². The van der Waals surface area contributed by atoms with Gasteiger partial charge in [0.15, 0.2) is 5.82 Å². The Bertz CT molecular complexity index is 380. The predicted molar refractivity (Wildman–Crippen MR) is 55.9 cm³/mol. The van der Waals surface area contributed by atoms with Crippen LogP contribution < -0.4 is 5.43 Å². The normalized spacial score (nSPS) is 15.5. The fourth-order valence-corrected chi connectivity index (χ4v) is 1.61. The Morgan fingerprint density at radius 2 is 1.87 bits per heavy atom. The van der Waals surface area contributed by atoms with Crippen LogP contribution in [0.2, 0.25) is 0 Å². The van der Waals surface area contributed by atoms with Crippen LogP contribution in [0.3, 0.4) is 0 Å². The Morgan fingerprint density at radius 1 is 1.13 bits per heavy atom. The lowest BCUT2D eigenvalue weighted by Crippen LogP contribution is -1.98. The van der Waals surface area contributed by atoms with Crippen molar-refractivity contribution in [2.75, 3.05) is 5.43 Å². The molecule has 1 aliphatic rings. The number of nitrogens with zero attached hydrogens (tertiary/aromatic N) is 1. The molecule has 0 radical (unpaired) electrons. The summed E-state index contributed by atoms with van der Waals surface area (Å²) >= 11 is 0. The first-order chi connectivity index (χ1) is 7.25. The molecule has 0 amide bonds. The third kappa shape index (κ3) is 2.52. The van der Waals surface area contributed by atoms with E-state index in [2.05, 4.69) is 10.5 Å². The highest BCUT2D eigenvalue weighted by atomic mass is 19.1. The van der Waals surface area contributed by atoms with Crippen LogP contribution in [0.15, 0.2) is 23.3 Å². The van der Waals surface area contributed by atoms with Crippen molar-refractivity contribution in [3.63, 3.8) is 0 Å². The van der Waals surface area contributed by atoms with Crippen molar-refractivity contribution >= 4 is 11.4 Å². The summed E-state index contributed by atoms with van der Waals surface area (Å²) in [7, 11) is 0. The number of halogens is 2. The van der Waals surface area contributed by atoms with Gasteiger partial charge in [-0.15, -0.1) is 0 Å². The maximum atomic E-state index is 13.2. The highest BCUT2D eigenvalue weighted by Gasteiger charge is 2.08. The lowest BCUT2D eigenvalue weighted by atomic mass is 10.3. The Balaban J connectivity index is 2.07. The minimum atomic E-state index is -0.614. The van der Waals surface area contributed by atoms with Crippen LogP contribution in [0, 0.1) is 11.6 Å². The highest BCUT2D eigenvalue weighted by Crippen LogP contribution is 2.17. The van der Waals surface area contributed by atoms with Gasteiger partial charge in [0.2, 0.25) is 0 Å². The molecule has 0 aromatic heterocycles. The van der Waals surface area contributed by atoms with E-state index < -0.39 is 11.6 Å². The maximum absolute atomic E-state index is 13.2. The van der Waals surface area contributed by atoms with Gasteiger partial charge in [0, 0.05) is 11.8 Å². The molecule has 1 saturated carbocycles. The van der Waals surface area contributed by atoms with Gasteiger partial charge in [-0.25, -0.2) is 8.78 Å². The molecular formula is C11H12F2N2. The van der Waals surface area contributed by atoms with E-state index in [-0.39, 0.29) is 5.69 Å². The molecule has 2 rings (SSSR count). The van der Waals surface area contributed by atoms with Crippen molar-refractivity contribution in [2.24, 2.45) is 5.10 Å². The van der Waals surface area contributed by atoms with Crippen molar-refractivity contribution < 1.29 is 8.78 Å². The molecule has 2 nitrogen and oxygen atoms in total. The quantitative estimate of drug-likeness (QED) is 0.744. The molecular weight excluding hydrogens is 198 g/mol. The molecule has 1 N–H and O–H groups in total. The highest BCUT2D eigenvalue weighted by molar-refractivity contribution is 5.86. The number of rotatable bonds is 2. The average Bonchev–Trinajstić information content (AvgIpc) is 2.69. The number of benzene rings is 1. The number of hydrogen-bond donors (Lipinski definition) is 1. The summed E-state index contributed by atoms with van der Waals surface area (Å²) in [6.07, 6.45) is 4.23. The fourth-order valence-electron chi connectivity index (χ4n) is 1.61. The van der Waals surface area contributed by atoms with Gasteiger partial charge in [-0.2, -0.15) is 5.10 Å². The molecule has 80 valence electrons. The van der Waals surface area contributed by atoms with Gasteiger partial charge in [-0.3, -0.25) is 5.43 Å². The van der Waals surface area contributed by atoms with Crippen molar-refractivity contribution in [3.05, 3.63) is 29.8 Å². The van der Waals surface area contributed by atoms with E-state index in [1.165, 1.54) is 12.1 Å². The molecule has 0 saturated heterocycles. The molecule has 0 spiro atoms. The van der Waals surface area contributed by atoms with Crippen LogP contribution in [0.25, 0.3) is 0 Å².